The van der Waals surface area contributed by atoms with Crippen LogP contribution in [0.4, 0.5) is 5.69 Å². The van der Waals surface area contributed by atoms with E-state index >= 15 is 0 Å². The lowest BCUT2D eigenvalue weighted by atomic mass is 10.2. The Labute approximate surface area is 154 Å². The molecule has 0 radical (unpaired) electrons. The fourth-order valence-electron chi connectivity index (χ4n) is 2.20. The van der Waals surface area contributed by atoms with Crippen LogP contribution in [-0.2, 0) is 6.61 Å². The summed E-state index contributed by atoms with van der Waals surface area (Å²) in [7, 11) is 0. The molecule has 128 valence electrons. The van der Waals surface area contributed by atoms with Gasteiger partial charge in [0, 0.05) is 0 Å². The lowest BCUT2D eigenvalue weighted by Crippen LogP contribution is -2.16. The van der Waals surface area contributed by atoms with Crippen LogP contribution in [0.25, 0.3) is 0 Å². The zero-order chi connectivity index (χ0) is 17.8. The van der Waals surface area contributed by atoms with Gasteiger partial charge < -0.3 is 14.6 Å². The summed E-state index contributed by atoms with van der Waals surface area (Å²) in [6.45, 7) is 1.87. The zero-order valence-electron chi connectivity index (χ0n) is 13.3. The summed E-state index contributed by atoms with van der Waals surface area (Å²) in [6.07, 6.45) is 0. The molecular formula is C18H14Cl2N2O3. The van der Waals surface area contributed by atoms with E-state index in [1.807, 2.05) is 30.3 Å². The number of nitrogens with zero attached hydrogens (tertiary/aromatic N) is 1. The average Bonchev–Trinajstić information content (AvgIpc) is 2.98. The molecular weight excluding hydrogens is 363 g/mol. The number of benzene rings is 2. The molecule has 1 heterocycles. The van der Waals surface area contributed by atoms with Crippen molar-refractivity contribution in [1.29, 1.82) is 0 Å². The van der Waals surface area contributed by atoms with Gasteiger partial charge in [-0.15, -0.1) is 0 Å². The smallest absolute Gasteiger partial charge is 0.278 e. The molecule has 0 saturated heterocycles. The van der Waals surface area contributed by atoms with Crippen LogP contribution in [-0.4, -0.2) is 11.1 Å². The highest BCUT2D eigenvalue weighted by atomic mass is 35.5. The van der Waals surface area contributed by atoms with E-state index in [0.29, 0.717) is 32.8 Å². The van der Waals surface area contributed by atoms with E-state index in [1.165, 1.54) is 0 Å². The Morgan fingerprint density at radius 2 is 1.80 bits per heavy atom. The molecule has 0 atom stereocenters. The van der Waals surface area contributed by atoms with Crippen LogP contribution in [0.5, 0.6) is 5.75 Å². The summed E-state index contributed by atoms with van der Waals surface area (Å²) in [5.41, 5.74) is 1.01. The van der Waals surface area contributed by atoms with Crippen LogP contribution in [0.3, 0.4) is 0 Å². The number of hydrogen-bond acceptors (Lipinski definition) is 4. The number of halogens is 2. The number of carbonyl (C=O) groups is 1. The van der Waals surface area contributed by atoms with E-state index in [0.717, 1.165) is 0 Å². The Morgan fingerprint density at radius 3 is 2.48 bits per heavy atom. The Hall–Kier alpha value is -2.50. The first-order valence-electron chi connectivity index (χ1n) is 7.44. The second kappa shape index (κ2) is 7.59. The molecule has 0 bridgehead atoms. The second-order valence-corrected chi connectivity index (χ2v) is 6.03. The highest BCUT2D eigenvalue weighted by molar-refractivity contribution is 6.40. The number of nitrogens with one attached hydrogen (secondary N) is 1. The molecule has 0 saturated carbocycles. The Morgan fingerprint density at radius 1 is 1.12 bits per heavy atom. The first kappa shape index (κ1) is 17.3. The van der Waals surface area contributed by atoms with Gasteiger partial charge in [-0.25, -0.2) is 0 Å². The minimum absolute atomic E-state index is 0.129. The van der Waals surface area contributed by atoms with E-state index in [9.17, 15) is 4.79 Å². The highest BCUT2D eigenvalue weighted by Gasteiger charge is 2.22. The van der Waals surface area contributed by atoms with Gasteiger partial charge in [-0.3, -0.25) is 4.79 Å². The second-order valence-electron chi connectivity index (χ2n) is 5.22. The number of rotatable bonds is 5. The topological polar surface area (TPSA) is 64.4 Å². The third-order valence-corrected chi connectivity index (χ3v) is 4.16. The van der Waals surface area contributed by atoms with Gasteiger partial charge in [0.25, 0.3) is 5.91 Å². The van der Waals surface area contributed by atoms with Crippen LogP contribution in [0.2, 0.25) is 10.0 Å². The van der Waals surface area contributed by atoms with Gasteiger partial charge in [0.05, 0.1) is 21.3 Å². The largest absolute Gasteiger partial charge is 0.489 e. The van der Waals surface area contributed by atoms with Crippen LogP contribution >= 0.6 is 23.2 Å². The van der Waals surface area contributed by atoms with Crippen molar-refractivity contribution in [2.24, 2.45) is 0 Å². The number of anilines is 1. The molecule has 3 aromatic rings. The summed E-state index contributed by atoms with van der Waals surface area (Å²) in [5, 5.41) is 7.17. The van der Waals surface area contributed by atoms with Crippen molar-refractivity contribution in [1.82, 2.24) is 5.16 Å². The normalized spacial score (nSPS) is 10.5. The molecule has 1 aromatic heterocycles. The van der Waals surface area contributed by atoms with Gasteiger partial charge in [0.2, 0.25) is 0 Å². The van der Waals surface area contributed by atoms with Crippen molar-refractivity contribution in [3.8, 4) is 5.75 Å². The Bertz CT molecular complexity index is 874. The van der Waals surface area contributed by atoms with Crippen molar-refractivity contribution in [3.63, 3.8) is 0 Å². The molecule has 0 unspecified atom stereocenters. The number of carbonyl (C=O) groups excluding carboxylic acids is 1. The lowest BCUT2D eigenvalue weighted by molar-refractivity contribution is 0.101. The van der Waals surface area contributed by atoms with Gasteiger partial charge >= 0.3 is 0 Å². The number of aryl methyl sites for hydroxylation is 1. The molecule has 0 aliphatic rings. The molecule has 1 amide bonds. The standard InChI is InChI=1S/C18H14Cl2N2O3/c1-11-13(10-24-12-6-3-2-4-7-12)16(22-25-11)18(23)21-17-14(19)8-5-9-15(17)20/h2-9H,10H2,1H3,(H,21,23). The summed E-state index contributed by atoms with van der Waals surface area (Å²) in [5.74, 6) is 0.716. The van der Waals surface area contributed by atoms with E-state index in [-0.39, 0.29) is 12.3 Å². The third-order valence-electron chi connectivity index (χ3n) is 3.53. The predicted octanol–water partition coefficient (Wildman–Crippen LogP) is 5.12. The summed E-state index contributed by atoms with van der Waals surface area (Å²) in [6, 6.07) is 14.2. The van der Waals surface area contributed by atoms with Gasteiger partial charge in [0.1, 0.15) is 18.1 Å². The number of aromatic nitrogens is 1. The molecule has 2 aromatic carbocycles. The van der Waals surface area contributed by atoms with Crippen molar-refractivity contribution in [3.05, 3.63) is 75.6 Å². The third kappa shape index (κ3) is 3.95. The average molecular weight is 377 g/mol. The highest BCUT2D eigenvalue weighted by Crippen LogP contribution is 2.30. The quantitative estimate of drug-likeness (QED) is 0.670. The van der Waals surface area contributed by atoms with Gasteiger partial charge in [-0.05, 0) is 31.2 Å². The van der Waals surface area contributed by atoms with Gasteiger partial charge in [0.15, 0.2) is 5.69 Å². The molecule has 7 heteroatoms. The molecule has 0 spiro atoms. The van der Waals surface area contributed by atoms with Crippen LogP contribution in [0, 0.1) is 6.92 Å². The molecule has 0 fully saturated rings. The number of hydrogen-bond donors (Lipinski definition) is 1. The molecule has 3 rings (SSSR count). The molecule has 1 N–H and O–H groups in total. The van der Waals surface area contributed by atoms with Crippen LogP contribution < -0.4 is 10.1 Å². The van der Waals surface area contributed by atoms with Crippen molar-refractivity contribution in [2.45, 2.75) is 13.5 Å². The summed E-state index contributed by atoms with van der Waals surface area (Å²) in [4.78, 5) is 12.6. The molecule has 0 aliphatic heterocycles. The van der Waals surface area contributed by atoms with E-state index < -0.39 is 5.91 Å². The maximum absolute atomic E-state index is 12.6. The molecule has 5 nitrogen and oxygen atoms in total. The molecule has 25 heavy (non-hydrogen) atoms. The Kier molecular flexibility index (Phi) is 5.26. The Balaban J connectivity index is 1.79. The van der Waals surface area contributed by atoms with E-state index in [4.69, 9.17) is 32.5 Å². The SMILES string of the molecule is Cc1onc(C(=O)Nc2c(Cl)cccc2Cl)c1COc1ccccc1. The minimum Gasteiger partial charge on any atom is -0.489 e. The maximum atomic E-state index is 12.6. The predicted molar refractivity (Wildman–Crippen MR) is 96.4 cm³/mol. The fraction of sp³-hybridized carbons (Fsp3) is 0.111. The fourth-order valence-corrected chi connectivity index (χ4v) is 2.69. The number of amides is 1. The summed E-state index contributed by atoms with van der Waals surface area (Å²) < 4.78 is 10.8. The number of para-hydroxylation sites is 2. The van der Waals surface area contributed by atoms with Crippen molar-refractivity contribution < 1.29 is 14.1 Å². The number of ether oxygens (including phenoxy) is 1. The minimum atomic E-state index is -0.474. The van der Waals surface area contributed by atoms with E-state index in [2.05, 4.69) is 10.5 Å². The first-order chi connectivity index (χ1) is 12.1. The lowest BCUT2D eigenvalue weighted by Gasteiger charge is -2.09. The zero-order valence-corrected chi connectivity index (χ0v) is 14.8. The molecule has 0 aliphatic carbocycles. The van der Waals surface area contributed by atoms with Gasteiger partial charge in [-0.1, -0.05) is 52.6 Å². The van der Waals surface area contributed by atoms with Crippen LogP contribution in [0.1, 0.15) is 21.8 Å². The van der Waals surface area contributed by atoms with Crippen molar-refractivity contribution in [2.75, 3.05) is 5.32 Å². The van der Waals surface area contributed by atoms with E-state index in [1.54, 1.807) is 25.1 Å². The summed E-state index contributed by atoms with van der Waals surface area (Å²) >= 11 is 12.2. The maximum Gasteiger partial charge on any atom is 0.278 e. The van der Waals surface area contributed by atoms with Gasteiger partial charge in [-0.2, -0.15) is 0 Å². The van der Waals surface area contributed by atoms with Crippen LogP contribution in [0.15, 0.2) is 53.1 Å². The first-order valence-corrected chi connectivity index (χ1v) is 8.20. The van der Waals surface area contributed by atoms with Crippen molar-refractivity contribution >= 4 is 34.8 Å². The monoisotopic (exact) mass is 376 g/mol.